The number of carbonyl (C=O) groups excluding carboxylic acids is 1. The number of hydrogen-bond donors (Lipinski definition) is 1. The number of carbonyl (C=O) groups is 1. The van der Waals surface area contributed by atoms with Gasteiger partial charge in [0.05, 0.1) is 11.1 Å². The van der Waals surface area contributed by atoms with Crippen LogP contribution in [-0.2, 0) is 4.79 Å². The lowest BCUT2D eigenvalue weighted by atomic mass is 10.0. The fourth-order valence-electron chi connectivity index (χ4n) is 3.93. The Balaban J connectivity index is 1.79. The van der Waals surface area contributed by atoms with Gasteiger partial charge in [-0.05, 0) is 23.3 Å². The standard InChI is InChI=1S/C22H16N2O/c25-21-14-20(15-8-2-1-3-9-15)24(23-21)22-18-12-6-4-10-16(18)17-11-5-7-13-19(17)22/h1-13,20H,14H2/p+1. The van der Waals surface area contributed by atoms with Crippen LogP contribution in [0.5, 0.6) is 0 Å². The predicted molar refractivity (Wildman–Crippen MR) is 97.3 cm³/mol. The average Bonchev–Trinajstić information content (AvgIpc) is 3.20. The van der Waals surface area contributed by atoms with Crippen molar-refractivity contribution in [1.29, 1.82) is 0 Å². The molecule has 3 aromatic carbocycles. The number of hydrazine groups is 1. The summed E-state index contributed by atoms with van der Waals surface area (Å²) in [5.74, 6) is 0.0585. The van der Waals surface area contributed by atoms with E-state index in [1.54, 1.807) is 0 Å². The van der Waals surface area contributed by atoms with Crippen LogP contribution >= 0.6 is 0 Å². The molecule has 1 amide bonds. The number of hydrazone groups is 1. The van der Waals surface area contributed by atoms with E-state index in [-0.39, 0.29) is 11.9 Å². The van der Waals surface area contributed by atoms with Crippen LogP contribution in [0.2, 0.25) is 0 Å². The highest BCUT2D eigenvalue weighted by Crippen LogP contribution is 2.38. The molecule has 1 fully saturated rings. The van der Waals surface area contributed by atoms with Crippen LogP contribution in [0.4, 0.5) is 0 Å². The fourth-order valence-corrected chi connectivity index (χ4v) is 3.93. The topological polar surface area (TPSA) is 32.1 Å². The molecule has 1 aliphatic carbocycles. The summed E-state index contributed by atoms with van der Waals surface area (Å²) in [4.78, 5) is 12.3. The fraction of sp³-hybridized carbons (Fsp3) is 0.0909. The van der Waals surface area contributed by atoms with Gasteiger partial charge in [0.15, 0.2) is 0 Å². The van der Waals surface area contributed by atoms with Gasteiger partial charge in [-0.2, -0.15) is 0 Å². The SMILES string of the molecule is O=C1CC(c2ccccc2)[N+](=C2c3ccccc3-c3ccccc32)N1. The summed E-state index contributed by atoms with van der Waals surface area (Å²) in [5.41, 5.74) is 10.1. The van der Waals surface area contributed by atoms with Gasteiger partial charge in [0.25, 0.3) is 5.91 Å². The minimum atomic E-state index is 0.00270. The third kappa shape index (κ3) is 2.13. The van der Waals surface area contributed by atoms with E-state index in [4.69, 9.17) is 0 Å². The zero-order valence-electron chi connectivity index (χ0n) is 13.6. The Morgan fingerprint density at radius 3 is 1.84 bits per heavy atom. The van der Waals surface area contributed by atoms with Gasteiger partial charge in [-0.25, -0.2) is 0 Å². The smallest absolute Gasteiger partial charge is 0.269 e. The van der Waals surface area contributed by atoms with Gasteiger partial charge in [0.2, 0.25) is 11.8 Å². The van der Waals surface area contributed by atoms with Gasteiger partial charge in [0, 0.05) is 5.56 Å². The van der Waals surface area contributed by atoms with Crippen LogP contribution in [-0.4, -0.2) is 16.3 Å². The average molecular weight is 325 g/mol. The van der Waals surface area contributed by atoms with E-state index in [1.165, 1.54) is 22.3 Å². The maximum atomic E-state index is 12.3. The van der Waals surface area contributed by atoms with Crippen LogP contribution in [0.3, 0.4) is 0 Å². The van der Waals surface area contributed by atoms with Crippen molar-refractivity contribution in [2.45, 2.75) is 12.5 Å². The molecule has 5 rings (SSSR count). The minimum Gasteiger partial charge on any atom is -0.269 e. The molecule has 1 aliphatic heterocycles. The van der Waals surface area contributed by atoms with Gasteiger partial charge < -0.3 is 0 Å². The maximum absolute atomic E-state index is 12.3. The number of hydrogen-bond acceptors (Lipinski definition) is 1. The van der Waals surface area contributed by atoms with E-state index in [1.807, 2.05) is 18.2 Å². The molecular formula is C22H17N2O+. The van der Waals surface area contributed by atoms with Crippen LogP contribution in [0.25, 0.3) is 11.1 Å². The molecule has 1 atom stereocenters. The third-order valence-corrected chi connectivity index (χ3v) is 5.02. The molecule has 0 aromatic heterocycles. The first-order valence-electron chi connectivity index (χ1n) is 8.53. The van der Waals surface area contributed by atoms with E-state index >= 15 is 0 Å². The third-order valence-electron chi connectivity index (χ3n) is 5.02. The Bertz CT molecular complexity index is 973. The zero-order chi connectivity index (χ0) is 16.8. The molecule has 0 saturated carbocycles. The maximum Gasteiger partial charge on any atom is 0.281 e. The second-order valence-electron chi connectivity index (χ2n) is 6.48. The molecule has 1 saturated heterocycles. The largest absolute Gasteiger partial charge is 0.281 e. The Labute approximate surface area is 146 Å². The van der Waals surface area contributed by atoms with Crippen molar-refractivity contribution in [3.8, 4) is 11.1 Å². The van der Waals surface area contributed by atoms with Gasteiger partial charge in [-0.15, -0.1) is 5.43 Å². The molecule has 0 radical (unpaired) electrons. The molecular weight excluding hydrogens is 308 g/mol. The first-order valence-corrected chi connectivity index (χ1v) is 8.53. The Hall–Kier alpha value is -3.20. The van der Waals surface area contributed by atoms with Crippen molar-refractivity contribution in [3.05, 3.63) is 95.6 Å². The summed E-state index contributed by atoms with van der Waals surface area (Å²) in [6, 6.07) is 27.0. The van der Waals surface area contributed by atoms with E-state index in [0.29, 0.717) is 6.42 Å². The van der Waals surface area contributed by atoms with Gasteiger partial charge >= 0.3 is 0 Å². The highest BCUT2D eigenvalue weighted by Gasteiger charge is 2.42. The lowest BCUT2D eigenvalue weighted by molar-refractivity contribution is -0.598. The number of benzene rings is 3. The van der Waals surface area contributed by atoms with Crippen molar-refractivity contribution in [2.75, 3.05) is 0 Å². The number of amides is 1. The Morgan fingerprint density at radius 2 is 1.24 bits per heavy atom. The van der Waals surface area contributed by atoms with Crippen LogP contribution in [0.1, 0.15) is 29.2 Å². The van der Waals surface area contributed by atoms with Gasteiger partial charge in [-0.3, -0.25) is 4.79 Å². The van der Waals surface area contributed by atoms with Crippen molar-refractivity contribution < 1.29 is 9.48 Å². The summed E-state index contributed by atoms with van der Waals surface area (Å²) in [7, 11) is 0. The van der Waals surface area contributed by atoms with E-state index in [9.17, 15) is 4.79 Å². The molecule has 0 bridgehead atoms. The first-order chi connectivity index (χ1) is 12.3. The zero-order valence-corrected chi connectivity index (χ0v) is 13.6. The number of rotatable bonds is 1. The highest BCUT2D eigenvalue weighted by molar-refractivity contribution is 6.22. The summed E-state index contributed by atoms with van der Waals surface area (Å²) in [5, 5.41) is 0. The quantitative estimate of drug-likeness (QED) is 0.532. The summed E-state index contributed by atoms with van der Waals surface area (Å²) < 4.78 is 2.06. The van der Waals surface area contributed by atoms with Crippen LogP contribution < -0.4 is 5.43 Å². The van der Waals surface area contributed by atoms with Crippen molar-refractivity contribution in [3.63, 3.8) is 0 Å². The highest BCUT2D eigenvalue weighted by atomic mass is 16.2. The molecule has 3 nitrogen and oxygen atoms in total. The summed E-state index contributed by atoms with van der Waals surface area (Å²) in [6.45, 7) is 0. The molecule has 1 unspecified atom stereocenters. The molecule has 2 aliphatic rings. The van der Waals surface area contributed by atoms with E-state index < -0.39 is 0 Å². The van der Waals surface area contributed by atoms with Crippen LogP contribution in [0.15, 0.2) is 78.9 Å². The predicted octanol–water partition coefficient (Wildman–Crippen LogP) is 3.69. The molecule has 120 valence electrons. The molecule has 25 heavy (non-hydrogen) atoms. The monoisotopic (exact) mass is 325 g/mol. The van der Waals surface area contributed by atoms with Gasteiger partial charge in [-0.1, -0.05) is 71.4 Å². The number of nitrogens with zero attached hydrogens (tertiary/aromatic N) is 1. The Morgan fingerprint density at radius 1 is 0.720 bits per heavy atom. The molecule has 1 heterocycles. The lowest BCUT2D eigenvalue weighted by Crippen LogP contribution is -2.32. The van der Waals surface area contributed by atoms with Crippen molar-refractivity contribution in [1.82, 2.24) is 5.43 Å². The normalized spacial score (nSPS) is 18.1. The lowest BCUT2D eigenvalue weighted by Gasteiger charge is -2.09. The Kier molecular flexibility index (Phi) is 3.07. The number of nitrogens with one attached hydrogen (secondary N) is 1. The summed E-state index contributed by atoms with van der Waals surface area (Å²) in [6.07, 6.45) is 0.470. The molecule has 0 spiro atoms. The first kappa shape index (κ1) is 14.2. The van der Waals surface area contributed by atoms with Crippen molar-refractivity contribution >= 4 is 11.6 Å². The second-order valence-corrected chi connectivity index (χ2v) is 6.48. The second kappa shape index (κ2) is 5.42. The molecule has 1 N–H and O–H groups in total. The molecule has 3 aromatic rings. The van der Waals surface area contributed by atoms with Crippen LogP contribution in [0, 0.1) is 0 Å². The minimum absolute atomic E-state index is 0.00270. The number of fused-ring (bicyclic) bond motifs is 3. The van der Waals surface area contributed by atoms with Crippen molar-refractivity contribution in [2.24, 2.45) is 0 Å². The summed E-state index contributed by atoms with van der Waals surface area (Å²) >= 11 is 0. The molecule has 3 heteroatoms. The van der Waals surface area contributed by atoms with E-state index in [0.717, 1.165) is 11.3 Å². The van der Waals surface area contributed by atoms with Gasteiger partial charge in [0.1, 0.15) is 6.42 Å². The van der Waals surface area contributed by atoms with E-state index in [2.05, 4.69) is 70.8 Å².